The summed E-state index contributed by atoms with van der Waals surface area (Å²) in [4.78, 5) is 2.67. The maximum Gasteiger partial charge on any atom is 0.204 e. The van der Waals surface area contributed by atoms with Crippen LogP contribution in [-0.4, -0.2) is 37.9 Å². The number of nitrogens with one attached hydrogen (secondary N) is 1. The third-order valence-electron chi connectivity index (χ3n) is 4.72. The molecule has 3 N–H and O–H groups in total. The molecular formula is C21H28N6O2S. The van der Waals surface area contributed by atoms with Crippen molar-refractivity contribution in [2.45, 2.75) is 44.4 Å². The van der Waals surface area contributed by atoms with E-state index in [-0.39, 0.29) is 0 Å². The van der Waals surface area contributed by atoms with Crippen molar-refractivity contribution in [2.24, 2.45) is 5.14 Å². The first-order valence-corrected chi connectivity index (χ1v) is 11.4. The fraction of sp³-hybridized carbons (Fsp3) is 0.381. The molecule has 1 aromatic heterocycles. The largest absolute Gasteiger partial charge is 0.454 e. The maximum atomic E-state index is 12.5. The summed E-state index contributed by atoms with van der Waals surface area (Å²) in [6.45, 7) is 6.03. The van der Waals surface area contributed by atoms with Gasteiger partial charge in [-0.15, -0.1) is 10.2 Å². The number of para-hydroxylation sites is 1. The molecule has 0 saturated heterocycles. The van der Waals surface area contributed by atoms with Gasteiger partial charge in [-0.2, -0.15) is 5.21 Å². The lowest BCUT2D eigenvalue weighted by molar-refractivity contribution is 0.468. The summed E-state index contributed by atoms with van der Waals surface area (Å²) in [6, 6.07) is 13.1. The molecule has 0 aliphatic carbocycles. The zero-order valence-corrected chi connectivity index (χ0v) is 18.2. The minimum Gasteiger partial charge on any atom is -0.454 e. The van der Waals surface area contributed by atoms with E-state index >= 15 is 0 Å². The third kappa shape index (κ3) is 5.43. The lowest BCUT2D eigenvalue weighted by Crippen LogP contribution is -2.26. The molecule has 0 saturated carbocycles. The number of ether oxygens (including phenoxy) is 1. The number of aromatic amines is 1. The molecule has 30 heavy (non-hydrogen) atoms. The van der Waals surface area contributed by atoms with Gasteiger partial charge >= 0.3 is 0 Å². The van der Waals surface area contributed by atoms with Gasteiger partial charge in [0.1, 0.15) is 16.7 Å². The van der Waals surface area contributed by atoms with E-state index in [1.807, 2.05) is 36.4 Å². The molecule has 0 spiro atoms. The Morgan fingerprint density at radius 1 is 1.10 bits per heavy atom. The topological polar surface area (TPSA) is 110 Å². The minimum atomic E-state index is -1.76. The molecule has 0 bridgehead atoms. The molecule has 0 fully saturated rings. The minimum absolute atomic E-state index is 0.397. The Bertz CT molecular complexity index is 942. The smallest absolute Gasteiger partial charge is 0.204 e. The van der Waals surface area contributed by atoms with Crippen LogP contribution in [0.25, 0.3) is 11.4 Å². The van der Waals surface area contributed by atoms with E-state index in [0.717, 1.165) is 44.5 Å². The quantitative estimate of drug-likeness (QED) is 0.477. The molecule has 9 heteroatoms. The van der Waals surface area contributed by atoms with Crippen molar-refractivity contribution in [1.82, 2.24) is 20.6 Å². The van der Waals surface area contributed by atoms with Crippen LogP contribution >= 0.6 is 0 Å². The van der Waals surface area contributed by atoms with Crippen molar-refractivity contribution in [3.63, 3.8) is 0 Å². The van der Waals surface area contributed by atoms with Gasteiger partial charge in [0.2, 0.25) is 5.82 Å². The van der Waals surface area contributed by atoms with Gasteiger partial charge in [-0.3, -0.25) is 0 Å². The second-order valence-corrected chi connectivity index (χ2v) is 8.00. The Morgan fingerprint density at radius 3 is 2.37 bits per heavy atom. The van der Waals surface area contributed by atoms with Gasteiger partial charge in [-0.25, -0.2) is 9.35 Å². The molecule has 1 heterocycles. The van der Waals surface area contributed by atoms with E-state index in [1.165, 1.54) is 0 Å². The first-order chi connectivity index (χ1) is 14.6. The number of anilines is 1. The van der Waals surface area contributed by atoms with Crippen molar-refractivity contribution < 1.29 is 8.95 Å². The third-order valence-corrected chi connectivity index (χ3v) is 5.46. The van der Waals surface area contributed by atoms with Gasteiger partial charge in [0.15, 0.2) is 5.75 Å². The standard InChI is InChI=1S/C21H28N6O2S/c1-3-5-12-27(13-6-4-2)18-14-16(21-23-25-26-24-21)15-19(30(22)28)20(18)29-17-10-8-7-9-11-17/h7-11,14-15H,3-6,12-13,22H2,1-2H3,(H,23,24,25,26). The van der Waals surface area contributed by atoms with Gasteiger partial charge in [-0.05, 0) is 42.3 Å². The van der Waals surface area contributed by atoms with Crippen molar-refractivity contribution in [3.8, 4) is 22.9 Å². The lowest BCUT2D eigenvalue weighted by Gasteiger charge is -2.28. The van der Waals surface area contributed by atoms with Crippen LogP contribution in [0, 0.1) is 0 Å². The summed E-state index contributed by atoms with van der Waals surface area (Å²) >= 11 is 0. The Balaban J connectivity index is 2.16. The van der Waals surface area contributed by atoms with Crippen LogP contribution in [0.1, 0.15) is 39.5 Å². The second-order valence-electron chi connectivity index (χ2n) is 6.96. The summed E-state index contributed by atoms with van der Waals surface area (Å²) in [5.74, 6) is 1.57. The highest BCUT2D eigenvalue weighted by Gasteiger charge is 2.22. The van der Waals surface area contributed by atoms with Crippen LogP contribution in [-0.2, 0) is 11.0 Å². The Hall–Kier alpha value is -2.78. The monoisotopic (exact) mass is 428 g/mol. The first kappa shape index (κ1) is 21.9. The summed E-state index contributed by atoms with van der Waals surface area (Å²) in [5.41, 5.74) is 1.52. The number of hydrogen-bond acceptors (Lipinski definition) is 6. The van der Waals surface area contributed by atoms with E-state index in [1.54, 1.807) is 6.07 Å². The molecule has 160 valence electrons. The van der Waals surface area contributed by atoms with E-state index in [4.69, 9.17) is 9.88 Å². The number of rotatable bonds is 11. The van der Waals surface area contributed by atoms with Crippen LogP contribution in [0.4, 0.5) is 5.69 Å². The normalized spacial score (nSPS) is 12.0. The molecule has 0 aliphatic heterocycles. The summed E-state index contributed by atoms with van der Waals surface area (Å²) < 4.78 is 18.7. The maximum absolute atomic E-state index is 12.5. The fourth-order valence-corrected chi connectivity index (χ4v) is 3.72. The van der Waals surface area contributed by atoms with E-state index < -0.39 is 11.0 Å². The van der Waals surface area contributed by atoms with Gasteiger partial charge in [0, 0.05) is 18.7 Å². The Morgan fingerprint density at radius 2 is 1.80 bits per heavy atom. The van der Waals surface area contributed by atoms with E-state index in [2.05, 4.69) is 39.4 Å². The van der Waals surface area contributed by atoms with Crippen LogP contribution in [0.15, 0.2) is 47.4 Å². The summed E-state index contributed by atoms with van der Waals surface area (Å²) in [6.07, 6.45) is 4.19. The molecule has 2 aromatic carbocycles. The number of nitrogens with two attached hydrogens (primary N) is 1. The highest BCUT2D eigenvalue weighted by Crippen LogP contribution is 2.40. The first-order valence-electron chi connectivity index (χ1n) is 10.2. The van der Waals surface area contributed by atoms with Crippen molar-refractivity contribution in [2.75, 3.05) is 18.0 Å². The Kier molecular flexibility index (Phi) is 7.92. The summed E-state index contributed by atoms with van der Waals surface area (Å²) in [5, 5.41) is 20.1. The highest BCUT2D eigenvalue weighted by atomic mass is 32.2. The predicted octanol–water partition coefficient (Wildman–Crippen LogP) is 4.05. The molecule has 8 nitrogen and oxygen atoms in total. The van der Waals surface area contributed by atoms with Crippen molar-refractivity contribution >= 4 is 16.7 Å². The number of aromatic nitrogens is 4. The molecule has 0 amide bonds. The number of tetrazole rings is 1. The SMILES string of the molecule is CCCCN(CCCC)c1cc(-c2nn[nH]n2)cc(S(N)=O)c1Oc1ccccc1. The molecule has 0 aliphatic rings. The fourth-order valence-electron chi connectivity index (χ4n) is 3.14. The zero-order chi connectivity index (χ0) is 21.3. The molecule has 1 atom stereocenters. The number of hydrogen-bond donors (Lipinski definition) is 2. The Labute approximate surface area is 179 Å². The molecule has 0 radical (unpaired) electrons. The number of H-pyrrole nitrogens is 1. The second kappa shape index (κ2) is 10.8. The van der Waals surface area contributed by atoms with E-state index in [9.17, 15) is 4.21 Å². The van der Waals surface area contributed by atoms with Crippen molar-refractivity contribution in [3.05, 3.63) is 42.5 Å². The van der Waals surface area contributed by atoms with Crippen LogP contribution in [0.5, 0.6) is 11.5 Å². The number of unbranched alkanes of at least 4 members (excludes halogenated alkanes) is 2. The average molecular weight is 429 g/mol. The summed E-state index contributed by atoms with van der Waals surface area (Å²) in [7, 11) is -1.76. The number of benzene rings is 2. The lowest BCUT2D eigenvalue weighted by atomic mass is 10.1. The van der Waals surface area contributed by atoms with Gasteiger partial charge in [-0.1, -0.05) is 44.9 Å². The van der Waals surface area contributed by atoms with Crippen LogP contribution < -0.4 is 14.8 Å². The predicted molar refractivity (Wildman–Crippen MR) is 119 cm³/mol. The molecular weight excluding hydrogens is 400 g/mol. The molecule has 1 unspecified atom stereocenters. The average Bonchev–Trinajstić information content (AvgIpc) is 3.30. The van der Waals surface area contributed by atoms with E-state index in [0.29, 0.717) is 27.8 Å². The zero-order valence-electron chi connectivity index (χ0n) is 17.4. The molecule has 3 aromatic rings. The van der Waals surface area contributed by atoms with Crippen LogP contribution in [0.3, 0.4) is 0 Å². The number of nitrogens with zero attached hydrogens (tertiary/aromatic N) is 4. The van der Waals surface area contributed by atoms with Crippen LogP contribution in [0.2, 0.25) is 0 Å². The van der Waals surface area contributed by atoms with Crippen molar-refractivity contribution in [1.29, 1.82) is 0 Å². The highest BCUT2D eigenvalue weighted by molar-refractivity contribution is 7.82. The molecule has 3 rings (SSSR count). The van der Waals surface area contributed by atoms with Gasteiger partial charge in [0.25, 0.3) is 0 Å². The van der Waals surface area contributed by atoms with Gasteiger partial charge < -0.3 is 9.64 Å². The van der Waals surface area contributed by atoms with Gasteiger partial charge in [0.05, 0.1) is 10.6 Å².